The van der Waals surface area contributed by atoms with Crippen molar-refractivity contribution in [2.24, 2.45) is 0 Å². The van der Waals surface area contributed by atoms with Gasteiger partial charge in [0.15, 0.2) is 0 Å². The van der Waals surface area contributed by atoms with Crippen LogP contribution in [0, 0.1) is 0 Å². The normalized spacial score (nSPS) is 10.7. The maximum absolute atomic E-state index is 5.96. The molecule has 0 bridgehead atoms. The molecule has 1 aromatic carbocycles. The molecule has 0 aliphatic heterocycles. The van der Waals surface area contributed by atoms with E-state index in [0.29, 0.717) is 5.02 Å². The van der Waals surface area contributed by atoms with Gasteiger partial charge in [0.05, 0.1) is 5.01 Å². The second-order valence-corrected chi connectivity index (χ2v) is 5.70. The van der Waals surface area contributed by atoms with Crippen LogP contribution in [0.4, 0.5) is 5.00 Å². The molecule has 2 nitrogen and oxygen atoms in total. The van der Waals surface area contributed by atoms with Crippen LogP contribution in [0.25, 0.3) is 11.3 Å². The molecule has 0 aliphatic carbocycles. The van der Waals surface area contributed by atoms with E-state index in [1.807, 2.05) is 18.2 Å². The van der Waals surface area contributed by atoms with Crippen LogP contribution >= 0.6 is 38.9 Å². The fourth-order valence-electron chi connectivity index (χ4n) is 1.40. The lowest BCUT2D eigenvalue weighted by Crippen LogP contribution is -1.87. The van der Waals surface area contributed by atoms with Gasteiger partial charge in [0, 0.05) is 15.1 Å². The van der Waals surface area contributed by atoms with E-state index in [-0.39, 0.29) is 0 Å². The predicted octanol–water partition coefficient (Wildman–Crippen LogP) is 4.37. The van der Waals surface area contributed by atoms with Crippen LogP contribution < -0.4 is 5.73 Å². The molecule has 0 atom stereocenters. The lowest BCUT2D eigenvalue weighted by atomic mass is 10.2. The maximum atomic E-state index is 5.96. The van der Waals surface area contributed by atoms with Crippen LogP contribution in [-0.2, 0) is 6.42 Å². The minimum atomic E-state index is 0.695. The summed E-state index contributed by atoms with van der Waals surface area (Å²) in [6, 6.07) is 5.62. The summed E-state index contributed by atoms with van der Waals surface area (Å²) in [5.74, 6) is 0. The number of thiazole rings is 1. The Bertz CT molecular complexity index is 525. The first-order chi connectivity index (χ1) is 7.61. The molecule has 0 unspecified atom stereocenters. The molecule has 0 radical (unpaired) electrons. The molecule has 0 spiro atoms. The molecule has 0 aliphatic rings. The van der Waals surface area contributed by atoms with E-state index < -0.39 is 0 Å². The number of nitrogens with zero attached hydrogens (tertiary/aromatic N) is 1. The fourth-order valence-corrected chi connectivity index (χ4v) is 3.06. The Morgan fingerprint density at radius 2 is 2.25 bits per heavy atom. The summed E-state index contributed by atoms with van der Waals surface area (Å²) >= 11 is 10.9. The molecule has 0 fully saturated rings. The predicted molar refractivity (Wildman–Crippen MR) is 74.1 cm³/mol. The first-order valence-corrected chi connectivity index (χ1v) is 6.81. The van der Waals surface area contributed by atoms with Gasteiger partial charge in [0.1, 0.15) is 10.7 Å². The number of hydrogen-bond donors (Lipinski definition) is 1. The summed E-state index contributed by atoms with van der Waals surface area (Å²) in [5.41, 5.74) is 7.78. The Balaban J connectivity index is 2.53. The van der Waals surface area contributed by atoms with Gasteiger partial charge in [-0.1, -0.05) is 40.5 Å². The molecule has 1 aromatic heterocycles. The number of aromatic nitrogens is 1. The minimum Gasteiger partial charge on any atom is -0.389 e. The first-order valence-electron chi connectivity index (χ1n) is 4.82. The summed E-state index contributed by atoms with van der Waals surface area (Å²) in [6.07, 6.45) is 0.903. The number of anilines is 1. The molecule has 2 N–H and O–H groups in total. The van der Waals surface area contributed by atoms with Gasteiger partial charge in [-0.25, -0.2) is 4.98 Å². The molecular weight excluding hydrogens is 308 g/mol. The highest BCUT2D eigenvalue weighted by atomic mass is 79.9. The molecule has 1 heterocycles. The van der Waals surface area contributed by atoms with Crippen LogP contribution in [0.5, 0.6) is 0 Å². The van der Waals surface area contributed by atoms with Crippen molar-refractivity contribution < 1.29 is 0 Å². The zero-order valence-corrected chi connectivity index (χ0v) is 11.8. The van der Waals surface area contributed by atoms with Crippen molar-refractivity contribution in [2.45, 2.75) is 13.3 Å². The third-order valence-corrected chi connectivity index (χ3v) is 4.11. The van der Waals surface area contributed by atoms with Crippen molar-refractivity contribution in [3.05, 3.63) is 32.7 Å². The van der Waals surface area contributed by atoms with Crippen LogP contribution in [0.1, 0.15) is 11.9 Å². The smallest absolute Gasteiger partial charge is 0.114 e. The molecule has 2 aromatic rings. The summed E-state index contributed by atoms with van der Waals surface area (Å²) in [5, 5.41) is 2.49. The van der Waals surface area contributed by atoms with E-state index in [1.54, 1.807) is 0 Å². The average molecular weight is 318 g/mol. The van der Waals surface area contributed by atoms with Gasteiger partial charge in [0.25, 0.3) is 0 Å². The van der Waals surface area contributed by atoms with Gasteiger partial charge in [-0.3, -0.25) is 0 Å². The van der Waals surface area contributed by atoms with Gasteiger partial charge in [-0.05, 0) is 18.6 Å². The quantitative estimate of drug-likeness (QED) is 0.893. The van der Waals surface area contributed by atoms with E-state index in [9.17, 15) is 0 Å². The highest BCUT2D eigenvalue weighted by Gasteiger charge is 2.12. The van der Waals surface area contributed by atoms with Crippen LogP contribution in [0.3, 0.4) is 0 Å². The number of rotatable bonds is 2. The molecule has 0 saturated heterocycles. The molecule has 2 rings (SSSR count). The standard InChI is InChI=1S/C11H10BrClN2S/c1-2-9-15-10(11(14)16-9)7-4-3-6(13)5-8(7)12/h3-5H,2,14H2,1H3. The third kappa shape index (κ3) is 2.24. The second-order valence-electron chi connectivity index (χ2n) is 3.30. The van der Waals surface area contributed by atoms with Gasteiger partial charge in [-0.15, -0.1) is 11.3 Å². The molecule has 0 saturated carbocycles. The number of halogens is 2. The van der Waals surface area contributed by atoms with Crippen molar-refractivity contribution in [3.8, 4) is 11.3 Å². The molecule has 16 heavy (non-hydrogen) atoms. The number of nitrogen functional groups attached to an aromatic ring is 1. The zero-order chi connectivity index (χ0) is 11.7. The van der Waals surface area contributed by atoms with Crippen LogP contribution in [0.2, 0.25) is 5.02 Å². The van der Waals surface area contributed by atoms with Crippen molar-refractivity contribution in [1.29, 1.82) is 0 Å². The highest BCUT2D eigenvalue weighted by molar-refractivity contribution is 9.10. The Hall–Kier alpha value is -0.580. The topological polar surface area (TPSA) is 38.9 Å². The highest BCUT2D eigenvalue weighted by Crippen LogP contribution is 2.36. The number of hydrogen-bond acceptors (Lipinski definition) is 3. The van der Waals surface area contributed by atoms with Crippen LogP contribution in [0.15, 0.2) is 22.7 Å². The summed E-state index contributed by atoms with van der Waals surface area (Å²) in [6.45, 7) is 2.07. The average Bonchev–Trinajstić information content (AvgIpc) is 2.60. The number of aryl methyl sites for hydroxylation is 1. The van der Waals surface area contributed by atoms with Gasteiger partial charge < -0.3 is 5.73 Å². The lowest BCUT2D eigenvalue weighted by Gasteiger charge is -2.02. The molecule has 0 amide bonds. The maximum Gasteiger partial charge on any atom is 0.114 e. The van der Waals surface area contributed by atoms with E-state index >= 15 is 0 Å². The van der Waals surface area contributed by atoms with Crippen molar-refractivity contribution in [1.82, 2.24) is 4.98 Å². The van der Waals surface area contributed by atoms with Gasteiger partial charge >= 0.3 is 0 Å². The van der Waals surface area contributed by atoms with Gasteiger partial charge in [0.2, 0.25) is 0 Å². The summed E-state index contributed by atoms with van der Waals surface area (Å²) in [4.78, 5) is 4.51. The van der Waals surface area contributed by atoms with Gasteiger partial charge in [-0.2, -0.15) is 0 Å². The fraction of sp³-hybridized carbons (Fsp3) is 0.182. The molecular formula is C11H10BrClN2S. The Labute approximate surface area is 112 Å². The van der Waals surface area contributed by atoms with E-state index in [2.05, 4.69) is 27.8 Å². The largest absolute Gasteiger partial charge is 0.389 e. The number of benzene rings is 1. The van der Waals surface area contributed by atoms with Crippen molar-refractivity contribution >= 4 is 43.9 Å². The molecule has 5 heteroatoms. The van der Waals surface area contributed by atoms with Crippen molar-refractivity contribution in [3.63, 3.8) is 0 Å². The summed E-state index contributed by atoms with van der Waals surface area (Å²) in [7, 11) is 0. The Kier molecular flexibility index (Phi) is 3.52. The van der Waals surface area contributed by atoms with E-state index in [0.717, 1.165) is 32.2 Å². The second kappa shape index (κ2) is 4.73. The lowest BCUT2D eigenvalue weighted by molar-refractivity contribution is 1.10. The number of nitrogens with two attached hydrogens (primary N) is 1. The van der Waals surface area contributed by atoms with E-state index in [4.69, 9.17) is 17.3 Å². The van der Waals surface area contributed by atoms with E-state index in [1.165, 1.54) is 11.3 Å². The Morgan fingerprint density at radius 3 is 2.81 bits per heavy atom. The Morgan fingerprint density at radius 1 is 1.50 bits per heavy atom. The van der Waals surface area contributed by atoms with Crippen LogP contribution in [-0.4, -0.2) is 4.98 Å². The monoisotopic (exact) mass is 316 g/mol. The summed E-state index contributed by atoms with van der Waals surface area (Å²) < 4.78 is 0.916. The zero-order valence-electron chi connectivity index (χ0n) is 8.63. The SMILES string of the molecule is CCc1nc(-c2ccc(Cl)cc2Br)c(N)s1. The first kappa shape index (κ1) is 11.9. The minimum absolute atomic E-state index is 0.695. The molecule has 84 valence electrons. The van der Waals surface area contributed by atoms with Crippen molar-refractivity contribution in [2.75, 3.05) is 5.73 Å². The third-order valence-electron chi connectivity index (χ3n) is 2.19.